The highest BCUT2D eigenvalue weighted by Crippen LogP contribution is 2.34. The predicted octanol–water partition coefficient (Wildman–Crippen LogP) is 8.23. The highest BCUT2D eigenvalue weighted by molar-refractivity contribution is 7.99. The predicted molar refractivity (Wildman–Crippen MR) is 134 cm³/mol. The van der Waals surface area contributed by atoms with Crippen LogP contribution in [-0.4, -0.2) is 5.71 Å². The van der Waals surface area contributed by atoms with Crippen molar-refractivity contribution in [3.05, 3.63) is 114 Å². The quantitative estimate of drug-likeness (QED) is 0.165. The van der Waals surface area contributed by atoms with Crippen LogP contribution in [0.15, 0.2) is 111 Å². The standard InChI is InChI=1S/C28H25NO2S/c1-18(2)31-29-21(5)23-12-16-25(17-13-23)32-24-14-10-22(11-15-24)19(3)28-20(4)26-8-6-7-9-27(26)30-28/h6-17H,1,3H2,2,4-5H3. The Kier molecular flexibility index (Phi) is 6.33. The zero-order chi connectivity index (χ0) is 22.7. The van der Waals surface area contributed by atoms with Crippen LogP contribution in [0.2, 0.25) is 0 Å². The lowest BCUT2D eigenvalue weighted by atomic mass is 10.0. The molecule has 0 aliphatic rings. The number of allylic oxidation sites excluding steroid dienone is 1. The smallest absolute Gasteiger partial charge is 0.138 e. The van der Waals surface area contributed by atoms with E-state index in [-0.39, 0.29) is 0 Å². The van der Waals surface area contributed by atoms with Crippen LogP contribution in [0, 0.1) is 6.92 Å². The summed E-state index contributed by atoms with van der Waals surface area (Å²) in [5.41, 5.74) is 5.79. The number of nitrogens with zero attached hydrogens (tertiary/aromatic N) is 1. The minimum Gasteiger partial charge on any atom is -0.456 e. The van der Waals surface area contributed by atoms with Gasteiger partial charge >= 0.3 is 0 Å². The fraction of sp³-hybridized carbons (Fsp3) is 0.107. The van der Waals surface area contributed by atoms with Gasteiger partial charge in [0.2, 0.25) is 0 Å². The number of rotatable bonds is 7. The summed E-state index contributed by atoms with van der Waals surface area (Å²) in [5, 5.41) is 5.20. The van der Waals surface area contributed by atoms with Gasteiger partial charge in [0.1, 0.15) is 17.1 Å². The highest BCUT2D eigenvalue weighted by Gasteiger charge is 2.14. The lowest BCUT2D eigenvalue weighted by Crippen LogP contribution is -1.95. The van der Waals surface area contributed by atoms with Gasteiger partial charge in [-0.05, 0) is 62.2 Å². The fourth-order valence-corrected chi connectivity index (χ4v) is 4.23. The molecule has 0 saturated carbocycles. The number of oxime groups is 1. The second kappa shape index (κ2) is 9.33. The summed E-state index contributed by atoms with van der Waals surface area (Å²) in [6.07, 6.45) is 0. The third-order valence-electron chi connectivity index (χ3n) is 5.17. The molecule has 0 N–H and O–H groups in total. The van der Waals surface area contributed by atoms with E-state index < -0.39 is 0 Å². The lowest BCUT2D eigenvalue weighted by Gasteiger charge is -2.07. The van der Waals surface area contributed by atoms with Crippen molar-refractivity contribution in [3.63, 3.8) is 0 Å². The van der Waals surface area contributed by atoms with E-state index in [9.17, 15) is 0 Å². The first-order chi connectivity index (χ1) is 15.4. The normalized spacial score (nSPS) is 11.5. The number of furan rings is 1. The van der Waals surface area contributed by atoms with Crippen molar-refractivity contribution in [2.75, 3.05) is 0 Å². The molecule has 4 heteroatoms. The monoisotopic (exact) mass is 439 g/mol. The molecule has 1 heterocycles. The van der Waals surface area contributed by atoms with E-state index in [0.717, 1.165) is 54.5 Å². The number of fused-ring (bicyclic) bond motifs is 1. The summed E-state index contributed by atoms with van der Waals surface area (Å²) >= 11 is 1.71. The molecule has 0 bridgehead atoms. The van der Waals surface area contributed by atoms with Gasteiger partial charge in [-0.25, -0.2) is 0 Å². The molecule has 0 aliphatic carbocycles. The molecule has 0 unspecified atom stereocenters. The van der Waals surface area contributed by atoms with E-state index in [1.165, 1.54) is 0 Å². The van der Waals surface area contributed by atoms with Crippen LogP contribution in [0.3, 0.4) is 0 Å². The van der Waals surface area contributed by atoms with Crippen molar-refractivity contribution < 1.29 is 9.25 Å². The van der Waals surface area contributed by atoms with E-state index in [1.807, 2.05) is 37.3 Å². The Labute approximate surface area is 193 Å². The van der Waals surface area contributed by atoms with Gasteiger partial charge in [-0.1, -0.05) is 72.5 Å². The number of aryl methyl sites for hydroxylation is 1. The van der Waals surface area contributed by atoms with E-state index in [4.69, 9.17) is 9.25 Å². The van der Waals surface area contributed by atoms with Crippen LogP contribution in [-0.2, 0) is 4.84 Å². The lowest BCUT2D eigenvalue weighted by molar-refractivity contribution is 0.231. The maximum Gasteiger partial charge on any atom is 0.138 e. The number of para-hydroxylation sites is 1. The van der Waals surface area contributed by atoms with E-state index in [1.54, 1.807) is 18.7 Å². The molecule has 0 spiro atoms. The summed E-state index contributed by atoms with van der Waals surface area (Å²) in [7, 11) is 0. The number of benzene rings is 3. The Hall–Kier alpha value is -3.50. The zero-order valence-electron chi connectivity index (χ0n) is 18.5. The van der Waals surface area contributed by atoms with Crippen molar-refractivity contribution in [2.24, 2.45) is 5.16 Å². The summed E-state index contributed by atoms with van der Waals surface area (Å²) in [6.45, 7) is 13.7. The van der Waals surface area contributed by atoms with Gasteiger partial charge in [0.15, 0.2) is 0 Å². The first-order valence-corrected chi connectivity index (χ1v) is 11.2. The summed E-state index contributed by atoms with van der Waals surface area (Å²) < 4.78 is 6.07. The van der Waals surface area contributed by atoms with Crippen LogP contribution in [0.1, 0.15) is 36.3 Å². The minimum atomic E-state index is 0.568. The van der Waals surface area contributed by atoms with Crippen molar-refractivity contribution in [1.82, 2.24) is 0 Å². The van der Waals surface area contributed by atoms with E-state index in [2.05, 4.69) is 67.7 Å². The molecule has 32 heavy (non-hydrogen) atoms. The Balaban J connectivity index is 1.47. The van der Waals surface area contributed by atoms with Gasteiger partial charge in [-0.15, -0.1) is 0 Å². The molecule has 0 saturated heterocycles. The Morgan fingerprint density at radius 2 is 1.44 bits per heavy atom. The maximum atomic E-state index is 6.07. The molecule has 3 aromatic carbocycles. The molecule has 3 nitrogen and oxygen atoms in total. The van der Waals surface area contributed by atoms with Gasteiger partial charge < -0.3 is 9.25 Å². The largest absolute Gasteiger partial charge is 0.456 e. The molecular weight excluding hydrogens is 414 g/mol. The minimum absolute atomic E-state index is 0.568. The zero-order valence-corrected chi connectivity index (χ0v) is 19.3. The molecule has 1 aromatic heterocycles. The van der Waals surface area contributed by atoms with Crippen LogP contribution in [0.4, 0.5) is 0 Å². The second-order valence-corrected chi connectivity index (χ2v) is 8.80. The van der Waals surface area contributed by atoms with Crippen molar-refractivity contribution in [3.8, 4) is 0 Å². The molecule has 0 amide bonds. The Morgan fingerprint density at radius 1 is 0.844 bits per heavy atom. The first-order valence-electron chi connectivity index (χ1n) is 10.4. The second-order valence-electron chi connectivity index (χ2n) is 7.65. The topological polar surface area (TPSA) is 34.7 Å². The van der Waals surface area contributed by atoms with Crippen molar-refractivity contribution in [1.29, 1.82) is 0 Å². The SMILES string of the molecule is C=C(C)ON=C(C)c1ccc(Sc2ccc(C(=C)c3oc4ccccc4c3C)cc2)cc1. The highest BCUT2D eigenvalue weighted by atomic mass is 32.2. The van der Waals surface area contributed by atoms with E-state index >= 15 is 0 Å². The molecule has 0 aliphatic heterocycles. The van der Waals surface area contributed by atoms with Crippen molar-refractivity contribution in [2.45, 2.75) is 30.6 Å². The molecule has 4 rings (SSSR count). The molecule has 0 atom stereocenters. The fourth-order valence-electron chi connectivity index (χ4n) is 3.42. The third-order valence-corrected chi connectivity index (χ3v) is 6.18. The number of hydrogen-bond donors (Lipinski definition) is 0. The molecule has 0 radical (unpaired) electrons. The van der Waals surface area contributed by atoms with Gasteiger partial charge in [0.25, 0.3) is 0 Å². The molecular formula is C28H25NO2S. The molecule has 0 fully saturated rings. The van der Waals surface area contributed by atoms with Gasteiger partial charge in [-0.3, -0.25) is 0 Å². The summed E-state index contributed by atoms with van der Waals surface area (Å²) in [6, 6.07) is 24.8. The third kappa shape index (κ3) is 4.71. The maximum absolute atomic E-state index is 6.07. The average molecular weight is 440 g/mol. The van der Waals surface area contributed by atoms with Gasteiger partial charge in [0.05, 0.1) is 5.71 Å². The van der Waals surface area contributed by atoms with Gasteiger partial charge in [-0.2, -0.15) is 0 Å². The summed E-state index contributed by atoms with van der Waals surface area (Å²) in [4.78, 5) is 7.46. The number of hydrogen-bond acceptors (Lipinski definition) is 4. The van der Waals surface area contributed by atoms with Crippen LogP contribution in [0.25, 0.3) is 16.5 Å². The van der Waals surface area contributed by atoms with Gasteiger partial charge in [0, 0.05) is 26.3 Å². The van der Waals surface area contributed by atoms with E-state index in [0.29, 0.717) is 5.76 Å². The van der Waals surface area contributed by atoms with Crippen LogP contribution in [0.5, 0.6) is 0 Å². The Bertz CT molecular complexity index is 1310. The summed E-state index contributed by atoms with van der Waals surface area (Å²) in [5.74, 6) is 1.41. The van der Waals surface area contributed by atoms with Crippen LogP contribution < -0.4 is 0 Å². The average Bonchev–Trinajstić information content (AvgIpc) is 3.14. The first kappa shape index (κ1) is 21.7. The van der Waals surface area contributed by atoms with Crippen molar-refractivity contribution >= 4 is 34.0 Å². The molecule has 4 aromatic rings. The Morgan fingerprint density at radius 3 is 2.03 bits per heavy atom. The molecule has 160 valence electrons. The van der Waals surface area contributed by atoms with Crippen LogP contribution >= 0.6 is 11.8 Å².